The van der Waals surface area contributed by atoms with Gasteiger partial charge in [-0.15, -0.1) is 0 Å². The minimum absolute atomic E-state index is 0.301. The number of carbonyl (C=O) groups excluding carboxylic acids is 1. The van der Waals surface area contributed by atoms with E-state index in [-0.39, 0.29) is 0 Å². The number of nitrogens with zero attached hydrogens (tertiary/aromatic N) is 2. The average molecular weight is 194 g/mol. The third-order valence-corrected chi connectivity index (χ3v) is 2.48. The molecule has 0 fully saturated rings. The van der Waals surface area contributed by atoms with Crippen molar-refractivity contribution in [1.82, 2.24) is 9.78 Å². The zero-order chi connectivity index (χ0) is 10.1. The highest BCUT2D eigenvalue weighted by atomic mass is 16.5. The number of hydrogen-bond acceptors (Lipinski definition) is 3. The molecule has 1 aromatic heterocycles. The van der Waals surface area contributed by atoms with E-state index in [1.807, 2.05) is 4.68 Å². The third kappa shape index (κ3) is 1.35. The van der Waals surface area contributed by atoms with Gasteiger partial charge in [0.2, 0.25) is 0 Å². The maximum atomic E-state index is 10.8. The summed E-state index contributed by atoms with van der Waals surface area (Å²) in [5, 5.41) is 4.28. The van der Waals surface area contributed by atoms with Gasteiger partial charge in [0, 0.05) is 23.7 Å². The van der Waals surface area contributed by atoms with Crippen LogP contribution in [-0.2, 0) is 17.8 Å². The maximum absolute atomic E-state index is 10.8. The fraction of sp³-hybridized carbons (Fsp3) is 0.600. The van der Waals surface area contributed by atoms with Crippen molar-refractivity contribution < 1.29 is 9.53 Å². The average Bonchev–Trinajstić information content (AvgIpc) is 2.56. The SMILES string of the molecule is CC(C)n1nc(C=O)c2c1CCOC2. The van der Waals surface area contributed by atoms with Crippen LogP contribution in [0.25, 0.3) is 0 Å². The van der Waals surface area contributed by atoms with E-state index < -0.39 is 0 Å². The van der Waals surface area contributed by atoms with E-state index >= 15 is 0 Å². The second kappa shape index (κ2) is 3.53. The maximum Gasteiger partial charge on any atom is 0.170 e. The van der Waals surface area contributed by atoms with Crippen LogP contribution in [0.5, 0.6) is 0 Å². The van der Waals surface area contributed by atoms with Crippen molar-refractivity contribution in [1.29, 1.82) is 0 Å². The molecule has 1 aromatic rings. The van der Waals surface area contributed by atoms with E-state index in [1.165, 1.54) is 0 Å². The Morgan fingerprint density at radius 2 is 2.36 bits per heavy atom. The number of hydrogen-bond donors (Lipinski definition) is 0. The quantitative estimate of drug-likeness (QED) is 0.667. The van der Waals surface area contributed by atoms with Crippen molar-refractivity contribution in [2.45, 2.75) is 32.9 Å². The van der Waals surface area contributed by atoms with E-state index in [2.05, 4.69) is 18.9 Å². The van der Waals surface area contributed by atoms with Gasteiger partial charge in [0.15, 0.2) is 6.29 Å². The van der Waals surface area contributed by atoms with Crippen LogP contribution in [0.15, 0.2) is 0 Å². The van der Waals surface area contributed by atoms with Crippen molar-refractivity contribution in [2.75, 3.05) is 6.61 Å². The Morgan fingerprint density at radius 3 is 3.00 bits per heavy atom. The molecule has 4 heteroatoms. The van der Waals surface area contributed by atoms with Crippen LogP contribution < -0.4 is 0 Å². The molecule has 0 aromatic carbocycles. The van der Waals surface area contributed by atoms with E-state index in [1.54, 1.807) is 0 Å². The van der Waals surface area contributed by atoms with Crippen molar-refractivity contribution in [3.05, 3.63) is 17.0 Å². The van der Waals surface area contributed by atoms with Gasteiger partial charge in [-0.2, -0.15) is 5.10 Å². The molecule has 0 atom stereocenters. The highest BCUT2D eigenvalue weighted by Gasteiger charge is 2.21. The van der Waals surface area contributed by atoms with Crippen LogP contribution in [0.3, 0.4) is 0 Å². The zero-order valence-corrected chi connectivity index (χ0v) is 8.49. The fourth-order valence-electron chi connectivity index (χ4n) is 1.81. The molecule has 0 unspecified atom stereocenters. The molecule has 2 heterocycles. The Hall–Kier alpha value is -1.16. The summed E-state index contributed by atoms with van der Waals surface area (Å²) in [5.41, 5.74) is 2.67. The van der Waals surface area contributed by atoms with E-state index in [0.717, 1.165) is 30.6 Å². The number of rotatable bonds is 2. The van der Waals surface area contributed by atoms with Gasteiger partial charge in [-0.1, -0.05) is 0 Å². The van der Waals surface area contributed by atoms with E-state index in [9.17, 15) is 4.79 Å². The van der Waals surface area contributed by atoms with Gasteiger partial charge in [0.1, 0.15) is 5.69 Å². The summed E-state index contributed by atoms with van der Waals surface area (Å²) >= 11 is 0. The largest absolute Gasteiger partial charge is 0.376 e. The molecule has 1 aliphatic heterocycles. The smallest absolute Gasteiger partial charge is 0.170 e. The lowest BCUT2D eigenvalue weighted by Crippen LogP contribution is -2.15. The Labute approximate surface area is 82.9 Å². The Morgan fingerprint density at radius 1 is 1.57 bits per heavy atom. The van der Waals surface area contributed by atoms with Crippen molar-refractivity contribution >= 4 is 6.29 Å². The van der Waals surface area contributed by atoms with E-state index in [4.69, 9.17) is 4.74 Å². The minimum atomic E-state index is 0.301. The normalized spacial score (nSPS) is 15.6. The number of ether oxygens (including phenoxy) is 1. The standard InChI is InChI=1S/C10H14N2O2/c1-7(2)12-10-3-4-14-6-8(10)9(5-13)11-12/h5,7H,3-4,6H2,1-2H3. The molecule has 76 valence electrons. The van der Waals surface area contributed by atoms with Gasteiger partial charge in [0.05, 0.1) is 13.2 Å². The number of fused-ring (bicyclic) bond motifs is 1. The van der Waals surface area contributed by atoms with Crippen LogP contribution in [0.4, 0.5) is 0 Å². The second-order valence-corrected chi connectivity index (χ2v) is 3.77. The molecule has 0 N–H and O–H groups in total. The Bertz CT molecular complexity index is 355. The van der Waals surface area contributed by atoms with Gasteiger partial charge in [0.25, 0.3) is 0 Å². The van der Waals surface area contributed by atoms with Crippen LogP contribution in [0.2, 0.25) is 0 Å². The molecule has 1 aliphatic rings. The van der Waals surface area contributed by atoms with Gasteiger partial charge >= 0.3 is 0 Å². The molecule has 0 spiro atoms. The van der Waals surface area contributed by atoms with Crippen molar-refractivity contribution in [3.63, 3.8) is 0 Å². The molecule has 0 bridgehead atoms. The lowest BCUT2D eigenvalue weighted by Gasteiger charge is -2.16. The molecule has 0 amide bonds. The molecular formula is C10H14N2O2. The lowest BCUT2D eigenvalue weighted by molar-refractivity contribution is 0.104. The monoisotopic (exact) mass is 194 g/mol. The highest BCUT2D eigenvalue weighted by molar-refractivity contribution is 5.74. The molecule has 14 heavy (non-hydrogen) atoms. The first-order valence-corrected chi connectivity index (χ1v) is 4.87. The van der Waals surface area contributed by atoms with Gasteiger partial charge in [-0.3, -0.25) is 9.48 Å². The molecule has 4 nitrogen and oxygen atoms in total. The summed E-state index contributed by atoms with van der Waals surface area (Å²) in [4.78, 5) is 10.8. The van der Waals surface area contributed by atoms with Gasteiger partial charge in [-0.05, 0) is 13.8 Å². The molecule has 0 saturated heterocycles. The lowest BCUT2D eigenvalue weighted by atomic mass is 10.1. The summed E-state index contributed by atoms with van der Waals surface area (Å²) in [7, 11) is 0. The van der Waals surface area contributed by atoms with E-state index in [0.29, 0.717) is 18.3 Å². The summed E-state index contributed by atoms with van der Waals surface area (Å²) in [6.07, 6.45) is 1.67. The Balaban J connectivity index is 2.52. The van der Waals surface area contributed by atoms with Crippen LogP contribution in [-0.4, -0.2) is 22.7 Å². The minimum Gasteiger partial charge on any atom is -0.376 e. The molecule has 0 saturated carbocycles. The number of aromatic nitrogens is 2. The predicted octanol–water partition coefficient (Wildman–Crippen LogP) is 1.35. The molecular weight excluding hydrogens is 180 g/mol. The fourth-order valence-corrected chi connectivity index (χ4v) is 1.81. The van der Waals surface area contributed by atoms with Crippen LogP contribution in [0, 0.1) is 0 Å². The summed E-state index contributed by atoms with van der Waals surface area (Å²) < 4.78 is 7.25. The number of carbonyl (C=O) groups is 1. The highest BCUT2D eigenvalue weighted by Crippen LogP contribution is 2.22. The van der Waals surface area contributed by atoms with Crippen LogP contribution >= 0.6 is 0 Å². The predicted molar refractivity (Wildman–Crippen MR) is 51.4 cm³/mol. The number of aldehydes is 1. The van der Waals surface area contributed by atoms with Crippen molar-refractivity contribution in [2.24, 2.45) is 0 Å². The summed E-state index contributed by atoms with van der Waals surface area (Å²) in [5.74, 6) is 0. The third-order valence-electron chi connectivity index (χ3n) is 2.48. The first kappa shape index (κ1) is 9.40. The Kier molecular flexibility index (Phi) is 2.37. The van der Waals surface area contributed by atoms with Gasteiger partial charge in [-0.25, -0.2) is 0 Å². The van der Waals surface area contributed by atoms with Crippen molar-refractivity contribution in [3.8, 4) is 0 Å². The summed E-state index contributed by atoms with van der Waals surface area (Å²) in [6, 6.07) is 0.301. The molecule has 0 radical (unpaired) electrons. The first-order valence-electron chi connectivity index (χ1n) is 4.87. The topological polar surface area (TPSA) is 44.1 Å². The molecule has 2 rings (SSSR count). The second-order valence-electron chi connectivity index (χ2n) is 3.77. The van der Waals surface area contributed by atoms with Crippen LogP contribution in [0.1, 0.15) is 41.6 Å². The molecule has 0 aliphatic carbocycles. The summed E-state index contributed by atoms with van der Waals surface area (Å²) in [6.45, 7) is 5.38. The van der Waals surface area contributed by atoms with Gasteiger partial charge < -0.3 is 4.74 Å². The zero-order valence-electron chi connectivity index (χ0n) is 8.49. The first-order chi connectivity index (χ1) is 6.74.